The van der Waals surface area contributed by atoms with Crippen LogP contribution in [0.4, 0.5) is 0 Å². The molecule has 15 heavy (non-hydrogen) atoms. The summed E-state index contributed by atoms with van der Waals surface area (Å²) in [6.45, 7) is 2.03. The Balaban J connectivity index is 2.59. The van der Waals surface area contributed by atoms with E-state index in [1.807, 2.05) is 6.92 Å². The second-order valence-corrected chi connectivity index (χ2v) is 3.27. The zero-order valence-electron chi connectivity index (χ0n) is 8.34. The number of nitrogens with zero attached hydrogens (tertiary/aromatic N) is 3. The number of aryl methyl sites for hydroxylation is 1. The molecule has 0 aliphatic carbocycles. The molecule has 5 heteroatoms. The molecule has 0 aromatic carbocycles. The lowest BCUT2D eigenvalue weighted by molar-refractivity contribution is 0.0698. The Kier molecular flexibility index (Phi) is 2.37. The molecule has 2 aromatic rings. The van der Waals surface area contributed by atoms with Gasteiger partial charge in [-0.1, -0.05) is 6.92 Å². The molecular formula is C10H11N3O2. The lowest BCUT2D eigenvalue weighted by Gasteiger charge is -1.94. The second-order valence-electron chi connectivity index (χ2n) is 3.27. The summed E-state index contributed by atoms with van der Waals surface area (Å²) >= 11 is 0. The van der Waals surface area contributed by atoms with Crippen LogP contribution in [0.25, 0.3) is 5.65 Å². The van der Waals surface area contributed by atoms with Crippen molar-refractivity contribution in [1.82, 2.24) is 14.6 Å². The molecule has 0 unspecified atom stereocenters. The van der Waals surface area contributed by atoms with Crippen molar-refractivity contribution in [2.75, 3.05) is 0 Å². The van der Waals surface area contributed by atoms with Crippen molar-refractivity contribution < 1.29 is 9.90 Å². The monoisotopic (exact) mass is 205 g/mol. The van der Waals surface area contributed by atoms with E-state index in [9.17, 15) is 4.79 Å². The number of aromatic carboxylic acids is 1. The number of carboxylic acid groups (broad SMARTS) is 1. The first kappa shape index (κ1) is 9.64. The largest absolute Gasteiger partial charge is 0.478 e. The molecule has 0 aliphatic heterocycles. The number of pyridine rings is 1. The van der Waals surface area contributed by atoms with Crippen LogP contribution in [0.3, 0.4) is 0 Å². The molecule has 5 nitrogen and oxygen atoms in total. The van der Waals surface area contributed by atoms with E-state index in [1.54, 1.807) is 12.3 Å². The average Bonchev–Trinajstić information content (AvgIpc) is 2.59. The summed E-state index contributed by atoms with van der Waals surface area (Å²) in [6.07, 6.45) is 3.41. The zero-order chi connectivity index (χ0) is 10.8. The van der Waals surface area contributed by atoms with Crippen LogP contribution >= 0.6 is 0 Å². The molecule has 0 aliphatic rings. The maximum atomic E-state index is 10.9. The highest BCUT2D eigenvalue weighted by molar-refractivity contribution is 5.94. The van der Waals surface area contributed by atoms with Crippen LogP contribution in [0.2, 0.25) is 0 Å². The summed E-state index contributed by atoms with van der Waals surface area (Å²) in [5.41, 5.74) is 0.598. The highest BCUT2D eigenvalue weighted by atomic mass is 16.4. The van der Waals surface area contributed by atoms with Crippen molar-refractivity contribution in [3.63, 3.8) is 0 Å². The Hall–Kier alpha value is -1.91. The molecule has 0 saturated carbocycles. The van der Waals surface area contributed by atoms with E-state index in [0.29, 0.717) is 11.5 Å². The maximum Gasteiger partial charge on any atom is 0.339 e. The SMILES string of the molecule is CCCc1nc2c(C(=O)O)cccn2n1. The molecule has 0 amide bonds. The van der Waals surface area contributed by atoms with Gasteiger partial charge in [-0.25, -0.2) is 14.3 Å². The van der Waals surface area contributed by atoms with Gasteiger partial charge in [-0.3, -0.25) is 0 Å². The lowest BCUT2D eigenvalue weighted by atomic mass is 10.3. The molecule has 2 heterocycles. The lowest BCUT2D eigenvalue weighted by Crippen LogP contribution is -2.00. The smallest absolute Gasteiger partial charge is 0.339 e. The van der Waals surface area contributed by atoms with Gasteiger partial charge in [0.1, 0.15) is 5.56 Å². The molecule has 2 rings (SSSR count). The standard InChI is InChI=1S/C10H11N3O2/c1-2-4-8-11-9-7(10(14)15)5-3-6-13(9)12-8/h3,5-6H,2,4H2,1H3,(H,14,15). The predicted molar refractivity (Wildman–Crippen MR) is 53.9 cm³/mol. The highest BCUT2D eigenvalue weighted by Crippen LogP contribution is 2.09. The average molecular weight is 205 g/mol. The molecule has 0 radical (unpaired) electrons. The van der Waals surface area contributed by atoms with Crippen molar-refractivity contribution in [3.05, 3.63) is 29.7 Å². The molecule has 0 spiro atoms. The number of carbonyl (C=O) groups is 1. The van der Waals surface area contributed by atoms with E-state index in [0.717, 1.165) is 12.8 Å². The van der Waals surface area contributed by atoms with Crippen LogP contribution in [0.15, 0.2) is 18.3 Å². The third-order valence-electron chi connectivity index (χ3n) is 2.11. The number of fused-ring (bicyclic) bond motifs is 1. The summed E-state index contributed by atoms with van der Waals surface area (Å²) in [5, 5.41) is 13.1. The van der Waals surface area contributed by atoms with Crippen LogP contribution in [0, 0.1) is 0 Å². The minimum Gasteiger partial charge on any atom is -0.478 e. The summed E-state index contributed by atoms with van der Waals surface area (Å²) in [6, 6.07) is 3.18. The first-order valence-corrected chi connectivity index (χ1v) is 4.80. The normalized spacial score (nSPS) is 10.7. The quantitative estimate of drug-likeness (QED) is 0.821. The van der Waals surface area contributed by atoms with Gasteiger partial charge in [-0.2, -0.15) is 5.10 Å². The van der Waals surface area contributed by atoms with E-state index >= 15 is 0 Å². The van der Waals surface area contributed by atoms with Gasteiger partial charge in [0.15, 0.2) is 11.5 Å². The van der Waals surface area contributed by atoms with Gasteiger partial charge in [-0.15, -0.1) is 0 Å². The molecule has 2 aromatic heterocycles. The summed E-state index contributed by atoms with van der Waals surface area (Å²) in [5.74, 6) is -0.290. The topological polar surface area (TPSA) is 67.5 Å². The number of aromatic nitrogens is 3. The zero-order valence-corrected chi connectivity index (χ0v) is 8.34. The second kappa shape index (κ2) is 3.68. The van der Waals surface area contributed by atoms with Crippen molar-refractivity contribution in [1.29, 1.82) is 0 Å². The molecule has 1 N–H and O–H groups in total. The van der Waals surface area contributed by atoms with Gasteiger partial charge in [0.2, 0.25) is 0 Å². The van der Waals surface area contributed by atoms with E-state index in [-0.39, 0.29) is 5.56 Å². The van der Waals surface area contributed by atoms with Crippen LogP contribution in [0.5, 0.6) is 0 Å². The fraction of sp³-hybridized carbons (Fsp3) is 0.300. The maximum absolute atomic E-state index is 10.9. The number of carboxylic acids is 1. The van der Waals surface area contributed by atoms with E-state index in [2.05, 4.69) is 10.1 Å². The van der Waals surface area contributed by atoms with Crippen molar-refractivity contribution >= 4 is 11.6 Å². The molecule has 0 bridgehead atoms. The fourth-order valence-corrected chi connectivity index (χ4v) is 1.45. The Bertz CT molecular complexity index is 504. The van der Waals surface area contributed by atoms with Gasteiger partial charge in [0.25, 0.3) is 0 Å². The number of hydrogen-bond donors (Lipinski definition) is 1. The minimum atomic E-state index is -0.976. The predicted octanol–water partition coefficient (Wildman–Crippen LogP) is 1.38. The van der Waals surface area contributed by atoms with Crippen LogP contribution in [-0.2, 0) is 6.42 Å². The molecule has 0 saturated heterocycles. The van der Waals surface area contributed by atoms with E-state index in [4.69, 9.17) is 5.11 Å². The third kappa shape index (κ3) is 1.68. The molecule has 0 fully saturated rings. The summed E-state index contributed by atoms with van der Waals surface area (Å²) < 4.78 is 1.51. The highest BCUT2D eigenvalue weighted by Gasteiger charge is 2.12. The Morgan fingerprint density at radius 1 is 1.60 bits per heavy atom. The fourth-order valence-electron chi connectivity index (χ4n) is 1.45. The van der Waals surface area contributed by atoms with Gasteiger partial charge in [0, 0.05) is 12.6 Å². The van der Waals surface area contributed by atoms with Gasteiger partial charge in [-0.05, 0) is 18.6 Å². The first-order valence-electron chi connectivity index (χ1n) is 4.80. The first-order chi connectivity index (χ1) is 7.22. The van der Waals surface area contributed by atoms with Gasteiger partial charge >= 0.3 is 5.97 Å². The van der Waals surface area contributed by atoms with E-state index in [1.165, 1.54) is 10.6 Å². The van der Waals surface area contributed by atoms with Crippen molar-refractivity contribution in [2.24, 2.45) is 0 Å². The Morgan fingerprint density at radius 2 is 2.40 bits per heavy atom. The third-order valence-corrected chi connectivity index (χ3v) is 2.11. The molecule has 0 atom stereocenters. The van der Waals surface area contributed by atoms with Gasteiger partial charge in [0.05, 0.1) is 0 Å². The van der Waals surface area contributed by atoms with Crippen LogP contribution in [-0.4, -0.2) is 25.7 Å². The summed E-state index contributed by atoms with van der Waals surface area (Å²) in [4.78, 5) is 15.1. The van der Waals surface area contributed by atoms with Gasteiger partial charge < -0.3 is 5.11 Å². The Morgan fingerprint density at radius 3 is 3.07 bits per heavy atom. The number of rotatable bonds is 3. The molecular weight excluding hydrogens is 194 g/mol. The van der Waals surface area contributed by atoms with Crippen molar-refractivity contribution in [2.45, 2.75) is 19.8 Å². The Labute approximate surface area is 86.4 Å². The van der Waals surface area contributed by atoms with Crippen LogP contribution < -0.4 is 0 Å². The van der Waals surface area contributed by atoms with Crippen LogP contribution in [0.1, 0.15) is 29.5 Å². The summed E-state index contributed by atoms with van der Waals surface area (Å²) in [7, 11) is 0. The molecule has 78 valence electrons. The van der Waals surface area contributed by atoms with Crippen molar-refractivity contribution in [3.8, 4) is 0 Å². The number of hydrogen-bond acceptors (Lipinski definition) is 3. The van der Waals surface area contributed by atoms with E-state index < -0.39 is 5.97 Å². The minimum absolute atomic E-state index is 0.187.